The summed E-state index contributed by atoms with van der Waals surface area (Å²) in [6.07, 6.45) is 2.55. The zero-order valence-corrected chi connectivity index (χ0v) is 17.9. The Labute approximate surface area is 172 Å². The summed E-state index contributed by atoms with van der Waals surface area (Å²) in [4.78, 5) is 4.75. The van der Waals surface area contributed by atoms with Gasteiger partial charge in [0.25, 0.3) is 0 Å². The number of aliphatic imine (C=N–C) groups is 1. The Morgan fingerprint density at radius 2 is 2.07 bits per heavy atom. The van der Waals surface area contributed by atoms with Crippen molar-refractivity contribution in [3.05, 3.63) is 41.0 Å². The van der Waals surface area contributed by atoms with Gasteiger partial charge in [-0.25, -0.2) is 4.99 Å². The SMILES string of the molecule is COCCNC(=NCc1ccc(C)cc1OCC1CC1)NCc1nnc(C)n1C. The van der Waals surface area contributed by atoms with Crippen LogP contribution in [0.15, 0.2) is 23.2 Å². The van der Waals surface area contributed by atoms with Crippen LogP contribution in [0, 0.1) is 19.8 Å². The van der Waals surface area contributed by atoms with Crippen molar-refractivity contribution in [2.24, 2.45) is 18.0 Å². The van der Waals surface area contributed by atoms with Crippen molar-refractivity contribution in [2.45, 2.75) is 39.8 Å². The first kappa shape index (κ1) is 21.1. The molecular formula is C21H32N6O2. The summed E-state index contributed by atoms with van der Waals surface area (Å²) in [6, 6.07) is 6.30. The number of aryl methyl sites for hydroxylation is 2. The second-order valence-electron chi connectivity index (χ2n) is 7.53. The van der Waals surface area contributed by atoms with Gasteiger partial charge in [-0.2, -0.15) is 0 Å². The lowest BCUT2D eigenvalue weighted by molar-refractivity contribution is 0.203. The summed E-state index contributed by atoms with van der Waals surface area (Å²) in [5.41, 5.74) is 2.27. The highest BCUT2D eigenvalue weighted by molar-refractivity contribution is 5.79. The smallest absolute Gasteiger partial charge is 0.192 e. The van der Waals surface area contributed by atoms with Crippen molar-refractivity contribution in [1.82, 2.24) is 25.4 Å². The molecule has 2 N–H and O–H groups in total. The molecule has 8 heteroatoms. The summed E-state index contributed by atoms with van der Waals surface area (Å²) in [7, 11) is 3.64. The minimum absolute atomic E-state index is 0.528. The molecule has 158 valence electrons. The van der Waals surface area contributed by atoms with Gasteiger partial charge < -0.3 is 24.7 Å². The first-order chi connectivity index (χ1) is 14.1. The second kappa shape index (κ2) is 10.2. The number of nitrogens with one attached hydrogen (secondary N) is 2. The number of rotatable bonds is 10. The second-order valence-corrected chi connectivity index (χ2v) is 7.53. The average molecular weight is 401 g/mol. The zero-order valence-electron chi connectivity index (χ0n) is 17.9. The molecule has 1 aliphatic carbocycles. The summed E-state index contributed by atoms with van der Waals surface area (Å²) in [6.45, 7) is 7.14. The van der Waals surface area contributed by atoms with Gasteiger partial charge in [0.05, 0.1) is 26.3 Å². The Bertz CT molecular complexity index is 829. The first-order valence-corrected chi connectivity index (χ1v) is 10.1. The summed E-state index contributed by atoms with van der Waals surface area (Å²) in [5, 5.41) is 14.9. The van der Waals surface area contributed by atoms with E-state index in [1.807, 2.05) is 18.5 Å². The van der Waals surface area contributed by atoms with Crippen molar-refractivity contribution in [2.75, 3.05) is 26.9 Å². The molecule has 29 heavy (non-hydrogen) atoms. The molecule has 0 atom stereocenters. The fraction of sp³-hybridized carbons (Fsp3) is 0.571. The molecule has 1 heterocycles. The van der Waals surface area contributed by atoms with Crippen LogP contribution >= 0.6 is 0 Å². The molecule has 0 amide bonds. The van der Waals surface area contributed by atoms with Crippen LogP contribution in [0.5, 0.6) is 5.75 Å². The average Bonchev–Trinajstić information content (AvgIpc) is 3.49. The molecule has 1 aromatic carbocycles. The Morgan fingerprint density at radius 1 is 1.24 bits per heavy atom. The van der Waals surface area contributed by atoms with Gasteiger partial charge in [0.1, 0.15) is 11.6 Å². The maximum absolute atomic E-state index is 6.07. The predicted molar refractivity (Wildman–Crippen MR) is 113 cm³/mol. The number of guanidine groups is 1. The van der Waals surface area contributed by atoms with Crippen molar-refractivity contribution < 1.29 is 9.47 Å². The fourth-order valence-electron chi connectivity index (χ4n) is 2.80. The molecule has 0 spiro atoms. The number of benzene rings is 1. The highest BCUT2D eigenvalue weighted by atomic mass is 16.5. The van der Waals surface area contributed by atoms with E-state index in [-0.39, 0.29) is 0 Å². The van der Waals surface area contributed by atoms with Gasteiger partial charge in [-0.3, -0.25) is 0 Å². The van der Waals surface area contributed by atoms with Gasteiger partial charge >= 0.3 is 0 Å². The van der Waals surface area contributed by atoms with E-state index < -0.39 is 0 Å². The van der Waals surface area contributed by atoms with E-state index in [4.69, 9.17) is 14.5 Å². The minimum Gasteiger partial charge on any atom is -0.493 e. The van der Waals surface area contributed by atoms with E-state index in [9.17, 15) is 0 Å². The topological polar surface area (TPSA) is 85.6 Å². The number of hydrogen-bond donors (Lipinski definition) is 2. The Hall–Kier alpha value is -2.61. The van der Waals surface area contributed by atoms with Gasteiger partial charge in [-0.15, -0.1) is 10.2 Å². The van der Waals surface area contributed by atoms with Gasteiger partial charge in [0, 0.05) is 26.3 Å². The van der Waals surface area contributed by atoms with Crippen molar-refractivity contribution in [3.63, 3.8) is 0 Å². The maximum atomic E-state index is 6.07. The van der Waals surface area contributed by atoms with E-state index in [0.717, 1.165) is 35.5 Å². The number of nitrogens with zero attached hydrogens (tertiary/aromatic N) is 4. The van der Waals surface area contributed by atoms with Crippen LogP contribution in [-0.4, -0.2) is 47.6 Å². The van der Waals surface area contributed by atoms with Crippen LogP contribution < -0.4 is 15.4 Å². The lowest BCUT2D eigenvalue weighted by atomic mass is 10.1. The quantitative estimate of drug-likeness (QED) is 0.361. The molecular weight excluding hydrogens is 368 g/mol. The van der Waals surface area contributed by atoms with Crippen LogP contribution in [0.2, 0.25) is 0 Å². The van der Waals surface area contributed by atoms with Gasteiger partial charge in [-0.05, 0) is 44.2 Å². The Kier molecular flexibility index (Phi) is 7.46. The highest BCUT2D eigenvalue weighted by Crippen LogP contribution is 2.30. The van der Waals surface area contributed by atoms with Gasteiger partial charge in [-0.1, -0.05) is 12.1 Å². The van der Waals surface area contributed by atoms with Crippen molar-refractivity contribution in [3.8, 4) is 5.75 Å². The fourth-order valence-corrected chi connectivity index (χ4v) is 2.80. The van der Waals surface area contributed by atoms with E-state index in [1.54, 1.807) is 7.11 Å². The monoisotopic (exact) mass is 400 g/mol. The van der Waals surface area contributed by atoms with Crippen LogP contribution in [0.1, 0.15) is 35.6 Å². The highest BCUT2D eigenvalue weighted by Gasteiger charge is 2.22. The van der Waals surface area contributed by atoms with Crippen LogP contribution in [0.3, 0.4) is 0 Å². The standard InChI is InChI=1S/C21H32N6O2/c1-15-5-8-18(19(11-15)29-14-17-6-7-17)12-23-21(22-9-10-28-4)24-13-20-26-25-16(2)27(20)3/h5,8,11,17H,6-7,9-10,12-14H2,1-4H3,(H2,22,23,24). The lowest BCUT2D eigenvalue weighted by Gasteiger charge is -2.14. The molecule has 1 aromatic heterocycles. The Morgan fingerprint density at radius 3 is 2.76 bits per heavy atom. The molecule has 1 fully saturated rings. The van der Waals surface area contributed by atoms with E-state index in [0.29, 0.717) is 32.2 Å². The van der Waals surface area contributed by atoms with E-state index in [1.165, 1.54) is 18.4 Å². The van der Waals surface area contributed by atoms with Crippen molar-refractivity contribution in [1.29, 1.82) is 0 Å². The molecule has 1 saturated carbocycles. The molecule has 0 saturated heterocycles. The van der Waals surface area contributed by atoms with Crippen LogP contribution in [0.4, 0.5) is 0 Å². The number of ether oxygens (including phenoxy) is 2. The molecule has 0 radical (unpaired) electrons. The summed E-state index contributed by atoms with van der Waals surface area (Å²) in [5.74, 6) is 4.09. The third-order valence-electron chi connectivity index (χ3n) is 5.00. The summed E-state index contributed by atoms with van der Waals surface area (Å²) >= 11 is 0. The molecule has 2 aromatic rings. The van der Waals surface area contributed by atoms with E-state index >= 15 is 0 Å². The molecule has 1 aliphatic rings. The predicted octanol–water partition coefficient (Wildman–Crippen LogP) is 2.10. The molecule has 0 unspecified atom stereocenters. The Balaban J connectivity index is 1.66. The summed E-state index contributed by atoms with van der Waals surface area (Å²) < 4.78 is 13.2. The van der Waals surface area contributed by atoms with Gasteiger partial charge in [0.2, 0.25) is 0 Å². The third kappa shape index (κ3) is 6.45. The number of hydrogen-bond acceptors (Lipinski definition) is 5. The van der Waals surface area contributed by atoms with Gasteiger partial charge in [0.15, 0.2) is 11.8 Å². The van der Waals surface area contributed by atoms with Crippen molar-refractivity contribution >= 4 is 5.96 Å². The molecule has 3 rings (SSSR count). The zero-order chi connectivity index (χ0) is 20.6. The first-order valence-electron chi connectivity index (χ1n) is 10.1. The number of methoxy groups -OCH3 is 1. The largest absolute Gasteiger partial charge is 0.493 e. The molecule has 0 aliphatic heterocycles. The van der Waals surface area contributed by atoms with E-state index in [2.05, 4.69) is 46.0 Å². The number of aromatic nitrogens is 3. The van der Waals surface area contributed by atoms with Crippen LogP contribution in [0.25, 0.3) is 0 Å². The maximum Gasteiger partial charge on any atom is 0.192 e. The minimum atomic E-state index is 0.528. The molecule has 0 bridgehead atoms. The normalized spacial score (nSPS) is 14.1. The third-order valence-corrected chi connectivity index (χ3v) is 5.00. The lowest BCUT2D eigenvalue weighted by Crippen LogP contribution is -2.39. The molecule has 8 nitrogen and oxygen atoms in total. The van der Waals surface area contributed by atoms with Crippen LogP contribution in [-0.2, 0) is 24.9 Å².